The second kappa shape index (κ2) is 6.32. The average molecular weight is 353 g/mol. The molecule has 0 aromatic heterocycles. The van der Waals surface area contributed by atoms with E-state index in [0.29, 0.717) is 24.0 Å². The molecule has 2 aromatic carbocycles. The van der Waals surface area contributed by atoms with Crippen molar-refractivity contribution in [3.05, 3.63) is 53.6 Å². The zero-order valence-electron chi connectivity index (χ0n) is 15.2. The van der Waals surface area contributed by atoms with Gasteiger partial charge in [0.25, 0.3) is 0 Å². The van der Waals surface area contributed by atoms with Gasteiger partial charge < -0.3 is 14.2 Å². The van der Waals surface area contributed by atoms with Crippen molar-refractivity contribution in [1.29, 1.82) is 0 Å². The van der Waals surface area contributed by atoms with Gasteiger partial charge in [0.15, 0.2) is 0 Å². The Bertz CT molecular complexity index is 830. The molecule has 2 aliphatic heterocycles. The maximum absolute atomic E-state index is 12.2. The van der Waals surface area contributed by atoms with E-state index in [4.69, 9.17) is 14.2 Å². The molecule has 5 nitrogen and oxygen atoms in total. The summed E-state index contributed by atoms with van der Waals surface area (Å²) in [5, 5.41) is 2.76. The number of hydrogen-bond donors (Lipinski definition) is 1. The summed E-state index contributed by atoms with van der Waals surface area (Å²) in [5.41, 5.74) is 2.79. The molecule has 2 aliphatic rings. The fourth-order valence-electron chi connectivity index (χ4n) is 3.54. The second-order valence-corrected chi connectivity index (χ2v) is 7.44. The highest BCUT2D eigenvalue weighted by atomic mass is 16.7. The number of nitrogens with one attached hydrogen (secondary N) is 1. The monoisotopic (exact) mass is 353 g/mol. The third-order valence-electron chi connectivity index (χ3n) is 5.25. The van der Waals surface area contributed by atoms with E-state index >= 15 is 0 Å². The van der Waals surface area contributed by atoms with Gasteiger partial charge in [0.2, 0.25) is 6.29 Å². The zero-order valence-corrected chi connectivity index (χ0v) is 15.2. The van der Waals surface area contributed by atoms with E-state index in [2.05, 4.69) is 26.1 Å². The number of rotatable bonds is 3. The largest absolute Gasteiger partial charge is 0.464 e. The first-order valence-electron chi connectivity index (χ1n) is 8.97. The van der Waals surface area contributed by atoms with Crippen LogP contribution in [0.2, 0.25) is 0 Å². The number of benzene rings is 2. The van der Waals surface area contributed by atoms with Gasteiger partial charge in [0.1, 0.15) is 11.5 Å². The lowest BCUT2D eigenvalue weighted by Gasteiger charge is -2.20. The smallest absolute Gasteiger partial charge is 0.417 e. The Morgan fingerprint density at radius 1 is 1.23 bits per heavy atom. The van der Waals surface area contributed by atoms with Crippen molar-refractivity contribution in [3.63, 3.8) is 0 Å². The van der Waals surface area contributed by atoms with Gasteiger partial charge in [-0.3, -0.25) is 5.32 Å². The maximum atomic E-state index is 12.2. The number of ether oxygens (including phenoxy) is 3. The van der Waals surface area contributed by atoms with Gasteiger partial charge in [-0.1, -0.05) is 26.0 Å². The van der Waals surface area contributed by atoms with Crippen LogP contribution in [0.1, 0.15) is 44.2 Å². The average Bonchev–Trinajstić information content (AvgIpc) is 3.09. The van der Waals surface area contributed by atoms with E-state index in [1.165, 1.54) is 5.56 Å². The van der Waals surface area contributed by atoms with Crippen molar-refractivity contribution in [2.24, 2.45) is 0 Å². The van der Waals surface area contributed by atoms with Crippen LogP contribution in [-0.2, 0) is 10.2 Å². The van der Waals surface area contributed by atoms with Crippen molar-refractivity contribution in [3.8, 4) is 11.5 Å². The molecule has 2 atom stereocenters. The van der Waals surface area contributed by atoms with Crippen LogP contribution in [0.25, 0.3) is 0 Å². The molecule has 0 bridgehead atoms. The molecule has 0 saturated carbocycles. The summed E-state index contributed by atoms with van der Waals surface area (Å²) in [6.45, 7) is 7.07. The summed E-state index contributed by atoms with van der Waals surface area (Å²) < 4.78 is 17.0. The molecule has 4 rings (SSSR count). The van der Waals surface area contributed by atoms with E-state index in [0.717, 1.165) is 17.7 Å². The summed E-state index contributed by atoms with van der Waals surface area (Å²) in [7, 11) is 0. The highest BCUT2D eigenvalue weighted by Crippen LogP contribution is 2.49. The maximum Gasteiger partial charge on any atom is 0.417 e. The van der Waals surface area contributed by atoms with Crippen LogP contribution in [0, 0.1) is 0 Å². The SMILES string of the molecule is CC(C)c1ccc(NC(=O)Oc2ccc3c(c2)[C@@]2(C)CCO[C@H]2O3)cc1. The Morgan fingerprint density at radius 2 is 2.00 bits per heavy atom. The molecule has 1 N–H and O–H groups in total. The normalized spacial score (nSPS) is 23.3. The molecule has 1 saturated heterocycles. The summed E-state index contributed by atoms with van der Waals surface area (Å²) in [4.78, 5) is 12.2. The Hall–Kier alpha value is -2.53. The van der Waals surface area contributed by atoms with Crippen LogP contribution in [0.5, 0.6) is 11.5 Å². The predicted octanol–water partition coefficient (Wildman–Crippen LogP) is 4.82. The van der Waals surface area contributed by atoms with E-state index in [1.807, 2.05) is 36.4 Å². The standard InChI is InChI=1S/C21H23NO4/c1-13(2)14-4-6-15(7-5-14)22-20(23)25-16-8-9-18-17(12-16)21(3)10-11-24-19(21)26-18/h4-9,12-13,19H,10-11H2,1-3H3,(H,22,23)/t19-,21+/m0/s1. The minimum absolute atomic E-state index is 0.183. The molecule has 5 heteroatoms. The van der Waals surface area contributed by atoms with Gasteiger partial charge in [-0.05, 0) is 55.2 Å². The number of fused-ring (bicyclic) bond motifs is 3. The van der Waals surface area contributed by atoms with Crippen molar-refractivity contribution < 1.29 is 19.0 Å². The molecule has 0 spiro atoms. The second-order valence-electron chi connectivity index (χ2n) is 7.44. The molecule has 0 unspecified atom stereocenters. The van der Waals surface area contributed by atoms with Crippen molar-refractivity contribution in [1.82, 2.24) is 0 Å². The van der Waals surface area contributed by atoms with E-state index < -0.39 is 6.09 Å². The number of amides is 1. The van der Waals surface area contributed by atoms with Gasteiger partial charge in [0.05, 0.1) is 12.0 Å². The van der Waals surface area contributed by atoms with Crippen LogP contribution >= 0.6 is 0 Å². The Kier molecular flexibility index (Phi) is 4.11. The third kappa shape index (κ3) is 2.92. The molecule has 26 heavy (non-hydrogen) atoms. The minimum atomic E-state index is -0.509. The lowest BCUT2D eigenvalue weighted by atomic mass is 9.82. The van der Waals surface area contributed by atoms with Gasteiger partial charge in [-0.25, -0.2) is 4.79 Å². The van der Waals surface area contributed by atoms with Crippen LogP contribution in [0.3, 0.4) is 0 Å². The topological polar surface area (TPSA) is 56.8 Å². The molecular formula is C21H23NO4. The third-order valence-corrected chi connectivity index (χ3v) is 5.25. The fraction of sp³-hybridized carbons (Fsp3) is 0.381. The highest BCUT2D eigenvalue weighted by Gasteiger charge is 2.50. The van der Waals surface area contributed by atoms with Crippen molar-refractivity contribution in [2.75, 3.05) is 11.9 Å². The summed E-state index contributed by atoms with van der Waals surface area (Å²) in [6.07, 6.45) is 0.134. The van der Waals surface area contributed by atoms with Gasteiger partial charge in [-0.15, -0.1) is 0 Å². The molecular weight excluding hydrogens is 330 g/mol. The summed E-state index contributed by atoms with van der Waals surface area (Å²) in [6, 6.07) is 13.2. The number of carbonyl (C=O) groups excluding carboxylic acids is 1. The van der Waals surface area contributed by atoms with Gasteiger partial charge >= 0.3 is 6.09 Å². The van der Waals surface area contributed by atoms with Crippen LogP contribution in [-0.4, -0.2) is 19.0 Å². The molecule has 1 fully saturated rings. The summed E-state index contributed by atoms with van der Waals surface area (Å²) in [5.74, 6) is 1.75. The molecule has 2 aromatic rings. The van der Waals surface area contributed by atoms with Gasteiger partial charge in [-0.2, -0.15) is 0 Å². The molecule has 0 aliphatic carbocycles. The fourth-order valence-corrected chi connectivity index (χ4v) is 3.54. The quantitative estimate of drug-likeness (QED) is 0.860. The Labute approximate surface area is 153 Å². The Balaban J connectivity index is 1.45. The van der Waals surface area contributed by atoms with Crippen molar-refractivity contribution in [2.45, 2.75) is 44.8 Å². The molecule has 136 valence electrons. The van der Waals surface area contributed by atoms with E-state index in [9.17, 15) is 4.79 Å². The van der Waals surface area contributed by atoms with Crippen LogP contribution in [0.4, 0.5) is 10.5 Å². The lowest BCUT2D eigenvalue weighted by molar-refractivity contribution is -0.0514. The first-order chi connectivity index (χ1) is 12.5. The van der Waals surface area contributed by atoms with Crippen LogP contribution < -0.4 is 14.8 Å². The zero-order chi connectivity index (χ0) is 18.3. The lowest BCUT2D eigenvalue weighted by Crippen LogP contribution is -2.30. The summed E-state index contributed by atoms with van der Waals surface area (Å²) >= 11 is 0. The Morgan fingerprint density at radius 3 is 2.73 bits per heavy atom. The van der Waals surface area contributed by atoms with Gasteiger partial charge in [0, 0.05) is 11.3 Å². The first kappa shape index (κ1) is 16.9. The van der Waals surface area contributed by atoms with Crippen molar-refractivity contribution >= 4 is 11.8 Å². The minimum Gasteiger partial charge on any atom is -0.464 e. The number of carbonyl (C=O) groups is 1. The molecule has 2 heterocycles. The first-order valence-corrected chi connectivity index (χ1v) is 8.97. The predicted molar refractivity (Wildman–Crippen MR) is 99.0 cm³/mol. The molecule has 1 amide bonds. The van der Waals surface area contributed by atoms with E-state index in [-0.39, 0.29) is 11.7 Å². The number of hydrogen-bond acceptors (Lipinski definition) is 4. The molecule has 0 radical (unpaired) electrons. The van der Waals surface area contributed by atoms with E-state index in [1.54, 1.807) is 6.07 Å². The van der Waals surface area contributed by atoms with Crippen LogP contribution in [0.15, 0.2) is 42.5 Å². The highest BCUT2D eigenvalue weighted by molar-refractivity contribution is 5.86. The number of anilines is 1.